The molecule has 0 bridgehead atoms. The van der Waals surface area contributed by atoms with E-state index in [1.54, 1.807) is 14.2 Å². The number of halogens is 1. The van der Waals surface area contributed by atoms with Crippen LogP contribution < -0.4 is 14.8 Å². The van der Waals surface area contributed by atoms with Gasteiger partial charge in [0.1, 0.15) is 11.5 Å². The number of likely N-dealkylation sites (tertiary alicyclic amines) is 1. The van der Waals surface area contributed by atoms with Crippen molar-refractivity contribution in [1.29, 1.82) is 0 Å². The minimum absolute atomic E-state index is 0. The van der Waals surface area contributed by atoms with Gasteiger partial charge < -0.3 is 14.8 Å². The maximum atomic E-state index is 5.45. The highest BCUT2D eigenvalue weighted by molar-refractivity contribution is 5.85. The fraction of sp³-hybridized carbons (Fsp3) is 0.600. The van der Waals surface area contributed by atoms with Crippen molar-refractivity contribution >= 4 is 12.4 Å². The van der Waals surface area contributed by atoms with Gasteiger partial charge in [0.2, 0.25) is 0 Å². The minimum atomic E-state index is 0. The quantitative estimate of drug-likeness (QED) is 0.873. The van der Waals surface area contributed by atoms with Crippen LogP contribution in [-0.4, -0.2) is 45.8 Å². The van der Waals surface area contributed by atoms with Gasteiger partial charge in [-0.25, -0.2) is 0 Å². The molecule has 1 N–H and O–H groups in total. The maximum Gasteiger partial charge on any atom is 0.127 e. The third kappa shape index (κ3) is 4.27. The molecule has 20 heavy (non-hydrogen) atoms. The van der Waals surface area contributed by atoms with Gasteiger partial charge in [-0.15, -0.1) is 12.4 Å². The highest BCUT2D eigenvalue weighted by atomic mass is 35.5. The van der Waals surface area contributed by atoms with Crippen molar-refractivity contribution in [3.63, 3.8) is 0 Å². The molecule has 4 nitrogen and oxygen atoms in total. The standard InChI is InChI=1S/C15H24N2O2.ClH/c1-16-9-12-6-7-17(10-12)11-13-4-5-14(18-2)8-15(13)19-3;/h4-5,8,12,16H,6-7,9-11H2,1-3H3;1H. The summed E-state index contributed by atoms with van der Waals surface area (Å²) < 4.78 is 10.7. The van der Waals surface area contributed by atoms with Crippen LogP contribution >= 0.6 is 12.4 Å². The van der Waals surface area contributed by atoms with E-state index in [2.05, 4.69) is 16.3 Å². The zero-order valence-corrected chi connectivity index (χ0v) is 13.3. The molecule has 1 fully saturated rings. The number of hydrogen-bond acceptors (Lipinski definition) is 4. The summed E-state index contributed by atoms with van der Waals surface area (Å²) in [7, 11) is 5.42. The van der Waals surface area contributed by atoms with E-state index in [4.69, 9.17) is 9.47 Å². The van der Waals surface area contributed by atoms with Crippen LogP contribution in [0, 0.1) is 5.92 Å². The van der Waals surface area contributed by atoms with Crippen LogP contribution in [0.4, 0.5) is 0 Å². The van der Waals surface area contributed by atoms with Crippen LogP contribution in [0.1, 0.15) is 12.0 Å². The molecule has 0 amide bonds. The molecule has 0 saturated carbocycles. The third-order valence-corrected chi connectivity index (χ3v) is 3.75. The first-order chi connectivity index (χ1) is 9.26. The van der Waals surface area contributed by atoms with E-state index in [9.17, 15) is 0 Å². The zero-order chi connectivity index (χ0) is 13.7. The molecule has 0 aromatic heterocycles. The molecule has 1 aliphatic heterocycles. The van der Waals surface area contributed by atoms with Gasteiger partial charge >= 0.3 is 0 Å². The molecular weight excluding hydrogens is 276 g/mol. The average molecular weight is 301 g/mol. The van der Waals surface area contributed by atoms with Crippen LogP contribution in [0.3, 0.4) is 0 Å². The normalized spacial score (nSPS) is 18.6. The Hall–Kier alpha value is -0.970. The van der Waals surface area contributed by atoms with E-state index in [0.29, 0.717) is 0 Å². The summed E-state index contributed by atoms with van der Waals surface area (Å²) in [4.78, 5) is 2.49. The van der Waals surface area contributed by atoms with Gasteiger partial charge in [0.05, 0.1) is 14.2 Å². The number of nitrogens with one attached hydrogen (secondary N) is 1. The fourth-order valence-electron chi connectivity index (χ4n) is 2.74. The van der Waals surface area contributed by atoms with Gasteiger partial charge in [-0.2, -0.15) is 0 Å². The lowest BCUT2D eigenvalue weighted by atomic mass is 10.1. The van der Waals surface area contributed by atoms with Gasteiger partial charge in [0.25, 0.3) is 0 Å². The first-order valence-electron chi connectivity index (χ1n) is 6.84. The Balaban J connectivity index is 0.00000200. The number of rotatable bonds is 6. The monoisotopic (exact) mass is 300 g/mol. The van der Waals surface area contributed by atoms with Crippen molar-refractivity contribution in [3.8, 4) is 11.5 Å². The average Bonchev–Trinajstić information content (AvgIpc) is 2.87. The Labute approximate surface area is 127 Å². The van der Waals surface area contributed by atoms with Gasteiger partial charge in [-0.1, -0.05) is 6.07 Å². The Morgan fingerprint density at radius 3 is 2.75 bits per heavy atom. The van der Waals surface area contributed by atoms with Crippen LogP contribution in [-0.2, 0) is 6.54 Å². The summed E-state index contributed by atoms with van der Waals surface area (Å²) in [5.74, 6) is 2.53. The molecule has 1 aromatic carbocycles. The predicted molar refractivity (Wildman–Crippen MR) is 84.1 cm³/mol. The first kappa shape index (κ1) is 17.1. The SMILES string of the molecule is CNCC1CCN(Cc2ccc(OC)cc2OC)C1.Cl. The molecule has 0 spiro atoms. The second-order valence-electron chi connectivity index (χ2n) is 5.13. The summed E-state index contributed by atoms with van der Waals surface area (Å²) in [6, 6.07) is 6.05. The third-order valence-electron chi connectivity index (χ3n) is 3.75. The molecule has 1 saturated heterocycles. The van der Waals surface area contributed by atoms with Gasteiger partial charge in [-0.05, 0) is 38.5 Å². The summed E-state index contributed by atoms with van der Waals surface area (Å²) in [6.07, 6.45) is 1.28. The summed E-state index contributed by atoms with van der Waals surface area (Å²) in [5.41, 5.74) is 1.23. The van der Waals surface area contributed by atoms with E-state index in [0.717, 1.165) is 37.1 Å². The topological polar surface area (TPSA) is 33.7 Å². The lowest BCUT2D eigenvalue weighted by Gasteiger charge is -2.18. The predicted octanol–water partition coefficient (Wildman–Crippen LogP) is 2.17. The second kappa shape index (κ2) is 8.35. The molecule has 1 unspecified atom stereocenters. The van der Waals surface area contributed by atoms with Gasteiger partial charge in [0.15, 0.2) is 0 Å². The van der Waals surface area contributed by atoms with Gasteiger partial charge in [0, 0.05) is 24.7 Å². The van der Waals surface area contributed by atoms with Crippen molar-refractivity contribution in [1.82, 2.24) is 10.2 Å². The maximum absolute atomic E-state index is 5.45. The van der Waals surface area contributed by atoms with Crippen molar-refractivity contribution in [3.05, 3.63) is 23.8 Å². The van der Waals surface area contributed by atoms with E-state index < -0.39 is 0 Å². The second-order valence-corrected chi connectivity index (χ2v) is 5.13. The number of nitrogens with zero attached hydrogens (tertiary/aromatic N) is 1. The Morgan fingerprint density at radius 1 is 1.30 bits per heavy atom. The molecule has 0 radical (unpaired) electrons. The summed E-state index contributed by atoms with van der Waals surface area (Å²) in [5, 5.41) is 3.26. The Kier molecular flexibility index (Phi) is 7.13. The van der Waals surface area contributed by atoms with E-state index in [1.165, 1.54) is 18.5 Å². The lowest BCUT2D eigenvalue weighted by Crippen LogP contribution is -2.24. The smallest absolute Gasteiger partial charge is 0.127 e. The number of benzene rings is 1. The number of ether oxygens (including phenoxy) is 2. The molecule has 2 rings (SSSR count). The van der Waals surface area contributed by atoms with Crippen molar-refractivity contribution in [2.45, 2.75) is 13.0 Å². The zero-order valence-electron chi connectivity index (χ0n) is 12.5. The molecule has 1 aliphatic rings. The van der Waals surface area contributed by atoms with E-state index in [1.807, 2.05) is 19.2 Å². The van der Waals surface area contributed by atoms with Crippen LogP contribution in [0.5, 0.6) is 11.5 Å². The Bertz CT molecular complexity index is 415. The number of hydrogen-bond donors (Lipinski definition) is 1. The molecule has 5 heteroatoms. The summed E-state index contributed by atoms with van der Waals surface area (Å²) in [6.45, 7) is 4.39. The van der Waals surface area contributed by atoms with E-state index >= 15 is 0 Å². The molecule has 114 valence electrons. The van der Waals surface area contributed by atoms with Crippen LogP contribution in [0.2, 0.25) is 0 Å². The van der Waals surface area contributed by atoms with Crippen LogP contribution in [0.25, 0.3) is 0 Å². The van der Waals surface area contributed by atoms with Crippen molar-refractivity contribution < 1.29 is 9.47 Å². The van der Waals surface area contributed by atoms with Gasteiger partial charge in [-0.3, -0.25) is 4.90 Å². The highest BCUT2D eigenvalue weighted by Gasteiger charge is 2.22. The first-order valence-corrected chi connectivity index (χ1v) is 6.84. The lowest BCUT2D eigenvalue weighted by molar-refractivity contribution is 0.306. The van der Waals surface area contributed by atoms with Crippen LogP contribution in [0.15, 0.2) is 18.2 Å². The highest BCUT2D eigenvalue weighted by Crippen LogP contribution is 2.27. The van der Waals surface area contributed by atoms with E-state index in [-0.39, 0.29) is 12.4 Å². The molecule has 1 atom stereocenters. The molecular formula is C15H25ClN2O2. The Morgan fingerprint density at radius 2 is 2.10 bits per heavy atom. The molecule has 1 aromatic rings. The number of methoxy groups -OCH3 is 2. The largest absolute Gasteiger partial charge is 0.497 e. The molecule has 0 aliphatic carbocycles. The summed E-state index contributed by atoms with van der Waals surface area (Å²) >= 11 is 0. The fourth-order valence-corrected chi connectivity index (χ4v) is 2.74. The van der Waals surface area contributed by atoms with Crippen molar-refractivity contribution in [2.75, 3.05) is 40.9 Å². The molecule has 1 heterocycles. The minimum Gasteiger partial charge on any atom is -0.497 e. The van der Waals surface area contributed by atoms with Crippen molar-refractivity contribution in [2.24, 2.45) is 5.92 Å².